The van der Waals surface area contributed by atoms with Crippen molar-refractivity contribution in [3.63, 3.8) is 0 Å². The molecule has 0 radical (unpaired) electrons. The molecule has 0 fully saturated rings. The summed E-state index contributed by atoms with van der Waals surface area (Å²) in [6.45, 7) is 1.80. The highest BCUT2D eigenvalue weighted by Gasteiger charge is 2.13. The van der Waals surface area contributed by atoms with Gasteiger partial charge in [-0.25, -0.2) is 4.39 Å². The molecule has 0 saturated heterocycles. The summed E-state index contributed by atoms with van der Waals surface area (Å²) in [5.41, 5.74) is 0.573. The zero-order valence-electron chi connectivity index (χ0n) is 7.56. The number of benzene rings is 1. The van der Waals surface area contributed by atoms with E-state index in [1.54, 1.807) is 13.0 Å². The van der Waals surface area contributed by atoms with E-state index < -0.39 is 5.82 Å². The van der Waals surface area contributed by atoms with E-state index >= 15 is 0 Å². The second-order valence-electron chi connectivity index (χ2n) is 3.09. The third-order valence-electron chi connectivity index (χ3n) is 2.00. The maximum Gasteiger partial charge on any atom is 0.143 e. The highest BCUT2D eigenvalue weighted by atomic mass is 35.5. The molecule has 1 rings (SSSR count). The first-order valence-electron chi connectivity index (χ1n) is 4.14. The van der Waals surface area contributed by atoms with Crippen LogP contribution in [0.5, 0.6) is 0 Å². The Kier molecular flexibility index (Phi) is 3.90. The van der Waals surface area contributed by atoms with E-state index in [4.69, 9.17) is 23.2 Å². The van der Waals surface area contributed by atoms with Gasteiger partial charge in [-0.3, -0.25) is 0 Å². The summed E-state index contributed by atoms with van der Waals surface area (Å²) in [6, 6.07) is 2.74. The summed E-state index contributed by atoms with van der Waals surface area (Å²) >= 11 is 11.4. The normalized spacial score (nSPS) is 12.6. The summed E-state index contributed by atoms with van der Waals surface area (Å²) in [5, 5.41) is 0.336. The van der Waals surface area contributed by atoms with Crippen LogP contribution in [0.3, 0.4) is 0 Å². The van der Waals surface area contributed by atoms with Gasteiger partial charge in [0.1, 0.15) is 12.1 Å². The van der Waals surface area contributed by atoms with Crippen LogP contribution < -0.4 is 0 Å². The highest BCUT2D eigenvalue weighted by molar-refractivity contribution is 6.33. The summed E-state index contributed by atoms with van der Waals surface area (Å²) < 4.78 is 13.1. The van der Waals surface area contributed by atoms with Gasteiger partial charge in [0.15, 0.2) is 0 Å². The van der Waals surface area contributed by atoms with Gasteiger partial charge in [0, 0.05) is 11.4 Å². The molecule has 1 nitrogen and oxygen atoms in total. The van der Waals surface area contributed by atoms with E-state index in [9.17, 15) is 9.18 Å². The van der Waals surface area contributed by atoms with Crippen molar-refractivity contribution in [1.82, 2.24) is 0 Å². The molecule has 0 N–H and O–H groups in total. The van der Waals surface area contributed by atoms with Gasteiger partial charge in [-0.1, -0.05) is 30.1 Å². The van der Waals surface area contributed by atoms with E-state index in [0.717, 1.165) is 12.4 Å². The summed E-state index contributed by atoms with van der Waals surface area (Å²) in [5.74, 6) is -0.667. The second-order valence-corrected chi connectivity index (χ2v) is 3.91. The van der Waals surface area contributed by atoms with Gasteiger partial charge in [0.05, 0.1) is 5.02 Å². The maximum atomic E-state index is 13.1. The summed E-state index contributed by atoms with van der Waals surface area (Å²) in [7, 11) is 0. The van der Waals surface area contributed by atoms with Gasteiger partial charge in [0.2, 0.25) is 0 Å². The third kappa shape index (κ3) is 2.46. The maximum absolute atomic E-state index is 13.1. The molecule has 76 valence electrons. The lowest BCUT2D eigenvalue weighted by atomic mass is 9.98. The number of carbonyl (C=O) groups is 1. The van der Waals surface area contributed by atoms with E-state index in [-0.39, 0.29) is 10.9 Å². The van der Waals surface area contributed by atoms with Crippen LogP contribution in [0, 0.1) is 5.82 Å². The number of halogens is 3. The van der Waals surface area contributed by atoms with E-state index in [1.165, 1.54) is 0 Å². The Bertz CT molecular complexity index is 352. The second kappa shape index (κ2) is 4.76. The van der Waals surface area contributed by atoms with Crippen LogP contribution in [0.2, 0.25) is 10.0 Å². The van der Waals surface area contributed by atoms with Crippen LogP contribution in [0.1, 0.15) is 24.8 Å². The zero-order valence-corrected chi connectivity index (χ0v) is 9.07. The molecular formula is C10H9Cl2FO. The number of carbonyl (C=O) groups excluding carboxylic acids is 1. The van der Waals surface area contributed by atoms with Crippen LogP contribution in [-0.4, -0.2) is 6.29 Å². The van der Waals surface area contributed by atoms with Crippen molar-refractivity contribution < 1.29 is 9.18 Å². The molecule has 0 aliphatic carbocycles. The molecule has 0 amide bonds. The molecule has 1 aromatic rings. The first-order valence-corrected chi connectivity index (χ1v) is 4.90. The van der Waals surface area contributed by atoms with Crippen molar-refractivity contribution in [2.75, 3.05) is 0 Å². The minimum Gasteiger partial charge on any atom is -0.303 e. The first kappa shape index (κ1) is 11.5. The molecule has 1 atom stereocenters. The Morgan fingerprint density at radius 3 is 2.71 bits per heavy atom. The average Bonchev–Trinajstić information content (AvgIpc) is 2.11. The van der Waals surface area contributed by atoms with Crippen LogP contribution in [-0.2, 0) is 4.79 Å². The van der Waals surface area contributed by atoms with Gasteiger partial charge in [-0.2, -0.15) is 0 Å². The fraction of sp³-hybridized carbons (Fsp3) is 0.300. The quantitative estimate of drug-likeness (QED) is 0.574. The molecule has 1 aromatic carbocycles. The monoisotopic (exact) mass is 234 g/mol. The Morgan fingerprint density at radius 2 is 2.14 bits per heavy atom. The van der Waals surface area contributed by atoms with E-state index in [1.807, 2.05) is 0 Å². The molecule has 0 aliphatic heterocycles. The first-order chi connectivity index (χ1) is 6.56. The molecule has 0 spiro atoms. The summed E-state index contributed by atoms with van der Waals surface area (Å²) in [6.07, 6.45) is 1.08. The van der Waals surface area contributed by atoms with Crippen molar-refractivity contribution in [1.29, 1.82) is 0 Å². The van der Waals surface area contributed by atoms with Gasteiger partial charge >= 0.3 is 0 Å². The summed E-state index contributed by atoms with van der Waals surface area (Å²) in [4.78, 5) is 10.3. The Morgan fingerprint density at radius 1 is 1.50 bits per heavy atom. The molecule has 0 bridgehead atoms. The lowest BCUT2D eigenvalue weighted by Gasteiger charge is -2.11. The van der Waals surface area contributed by atoms with Crippen LogP contribution in [0.4, 0.5) is 4.39 Å². The molecule has 0 saturated carbocycles. The SMILES string of the molecule is CC(CC=O)c1cc(Cl)cc(F)c1Cl. The molecule has 1 unspecified atom stereocenters. The topological polar surface area (TPSA) is 17.1 Å². The molecule has 0 aliphatic rings. The van der Waals surface area contributed by atoms with Crippen molar-refractivity contribution in [2.24, 2.45) is 0 Å². The lowest BCUT2D eigenvalue weighted by Crippen LogP contribution is -1.97. The highest BCUT2D eigenvalue weighted by Crippen LogP contribution is 2.31. The Hall–Kier alpha value is -0.600. The number of hydrogen-bond donors (Lipinski definition) is 0. The number of aldehydes is 1. The smallest absolute Gasteiger partial charge is 0.143 e. The minimum absolute atomic E-state index is 0.0451. The molecule has 0 heterocycles. The molecule has 14 heavy (non-hydrogen) atoms. The Balaban J connectivity index is 3.12. The van der Waals surface area contributed by atoms with Crippen LogP contribution in [0.25, 0.3) is 0 Å². The fourth-order valence-electron chi connectivity index (χ4n) is 1.21. The van der Waals surface area contributed by atoms with Crippen LogP contribution in [0.15, 0.2) is 12.1 Å². The average molecular weight is 235 g/mol. The standard InChI is InChI=1S/C10H9Cl2FO/c1-6(2-3-14)8-4-7(11)5-9(13)10(8)12/h3-6H,2H2,1H3. The van der Waals surface area contributed by atoms with E-state index in [0.29, 0.717) is 17.0 Å². The third-order valence-corrected chi connectivity index (χ3v) is 2.62. The van der Waals surface area contributed by atoms with Gasteiger partial charge in [-0.15, -0.1) is 0 Å². The fourth-order valence-corrected chi connectivity index (χ4v) is 1.71. The lowest BCUT2D eigenvalue weighted by molar-refractivity contribution is -0.108. The predicted octanol–water partition coefficient (Wildman–Crippen LogP) is 3.83. The van der Waals surface area contributed by atoms with Crippen LogP contribution >= 0.6 is 23.2 Å². The zero-order chi connectivity index (χ0) is 10.7. The molecular weight excluding hydrogens is 226 g/mol. The van der Waals surface area contributed by atoms with Crippen molar-refractivity contribution in [3.05, 3.63) is 33.6 Å². The Labute approximate surface area is 91.8 Å². The molecule has 4 heteroatoms. The number of rotatable bonds is 3. The largest absolute Gasteiger partial charge is 0.303 e. The van der Waals surface area contributed by atoms with Crippen molar-refractivity contribution in [3.8, 4) is 0 Å². The van der Waals surface area contributed by atoms with E-state index in [2.05, 4.69) is 0 Å². The van der Waals surface area contributed by atoms with Gasteiger partial charge < -0.3 is 4.79 Å². The predicted molar refractivity (Wildman–Crippen MR) is 55.5 cm³/mol. The van der Waals surface area contributed by atoms with Crippen molar-refractivity contribution >= 4 is 29.5 Å². The minimum atomic E-state index is -0.549. The number of hydrogen-bond acceptors (Lipinski definition) is 1. The van der Waals surface area contributed by atoms with Gasteiger partial charge in [-0.05, 0) is 23.6 Å². The molecule has 0 aromatic heterocycles. The van der Waals surface area contributed by atoms with Crippen molar-refractivity contribution in [2.45, 2.75) is 19.3 Å². The van der Waals surface area contributed by atoms with Gasteiger partial charge in [0.25, 0.3) is 0 Å².